The summed E-state index contributed by atoms with van der Waals surface area (Å²) in [6, 6.07) is 0. The van der Waals surface area contributed by atoms with Crippen molar-refractivity contribution in [3.8, 4) is 0 Å². The van der Waals surface area contributed by atoms with Crippen molar-refractivity contribution in [2.75, 3.05) is 6.61 Å². The molecule has 9 heavy (non-hydrogen) atoms. The molecule has 0 spiro atoms. The monoisotopic (exact) mass is 133 g/mol. The molecule has 0 saturated carbocycles. The van der Waals surface area contributed by atoms with Gasteiger partial charge in [0.2, 0.25) is 5.91 Å². The summed E-state index contributed by atoms with van der Waals surface area (Å²) in [4.78, 5) is 10.3. The number of aliphatic hydroxyl groups is 1. The van der Waals surface area contributed by atoms with E-state index in [0.29, 0.717) is 0 Å². The van der Waals surface area contributed by atoms with Gasteiger partial charge in [-0.1, -0.05) is 6.92 Å². The second kappa shape index (κ2) is 4.29. The second-order valence-corrected chi connectivity index (χ2v) is 2.03. The van der Waals surface area contributed by atoms with Gasteiger partial charge < -0.3 is 5.11 Å². The van der Waals surface area contributed by atoms with Crippen LogP contribution in [0.1, 0.15) is 13.3 Å². The molecule has 0 heterocycles. The lowest BCUT2D eigenvalue weighted by atomic mass is 10.1. The Hall–Kier alpha value is -0.610. The van der Waals surface area contributed by atoms with Crippen molar-refractivity contribution in [3.63, 3.8) is 0 Å². The van der Waals surface area contributed by atoms with Gasteiger partial charge in [0.1, 0.15) is 0 Å². The van der Waals surface area contributed by atoms with Crippen LogP contribution >= 0.6 is 0 Å². The molecule has 3 N–H and O–H groups in total. The minimum atomic E-state index is -0.462. The fourth-order valence-corrected chi connectivity index (χ4v) is 0.427. The van der Waals surface area contributed by atoms with Gasteiger partial charge >= 0.3 is 0 Å². The zero-order valence-corrected chi connectivity index (χ0v) is 5.29. The number of hydrogen-bond donors (Lipinski definition) is 3. The lowest BCUT2D eigenvalue weighted by molar-refractivity contribution is -0.130. The molecule has 4 nitrogen and oxygen atoms in total. The number of rotatable bonds is 3. The van der Waals surface area contributed by atoms with E-state index >= 15 is 0 Å². The van der Waals surface area contributed by atoms with E-state index in [2.05, 4.69) is 0 Å². The number of carbonyl (C=O) groups excluding carboxylic acids is 1. The Kier molecular flexibility index (Phi) is 4.00. The third-order valence-corrected chi connectivity index (χ3v) is 0.970. The zero-order chi connectivity index (χ0) is 7.28. The summed E-state index contributed by atoms with van der Waals surface area (Å²) in [6.07, 6.45) is 0.160. The van der Waals surface area contributed by atoms with Gasteiger partial charge in [0.25, 0.3) is 0 Å². The minimum absolute atomic E-state index is 0.0343. The van der Waals surface area contributed by atoms with E-state index in [1.54, 1.807) is 6.92 Å². The van der Waals surface area contributed by atoms with Crippen LogP contribution in [0.5, 0.6) is 0 Å². The van der Waals surface area contributed by atoms with Gasteiger partial charge in [0, 0.05) is 13.0 Å². The van der Waals surface area contributed by atoms with Crippen LogP contribution in [0.2, 0.25) is 0 Å². The second-order valence-electron chi connectivity index (χ2n) is 2.03. The van der Waals surface area contributed by atoms with Crippen LogP contribution in [-0.2, 0) is 4.79 Å². The normalized spacial score (nSPS) is 12.8. The highest BCUT2D eigenvalue weighted by Crippen LogP contribution is 1.97. The third kappa shape index (κ3) is 3.93. The fraction of sp³-hybridized carbons (Fsp3) is 0.800. The van der Waals surface area contributed by atoms with E-state index in [1.165, 1.54) is 5.48 Å². The lowest BCUT2D eigenvalue weighted by Crippen LogP contribution is -2.21. The van der Waals surface area contributed by atoms with Gasteiger partial charge in [0.15, 0.2) is 0 Å². The lowest BCUT2D eigenvalue weighted by Gasteiger charge is -2.03. The Morgan fingerprint density at radius 1 is 1.78 bits per heavy atom. The van der Waals surface area contributed by atoms with Crippen LogP contribution in [0.25, 0.3) is 0 Å². The van der Waals surface area contributed by atoms with E-state index in [4.69, 9.17) is 10.3 Å². The van der Waals surface area contributed by atoms with Crippen molar-refractivity contribution in [1.82, 2.24) is 5.48 Å². The molecule has 0 aromatic heterocycles. The summed E-state index contributed by atoms with van der Waals surface area (Å²) in [7, 11) is 0. The van der Waals surface area contributed by atoms with Gasteiger partial charge in [-0.15, -0.1) is 0 Å². The van der Waals surface area contributed by atoms with Gasteiger partial charge in [-0.25, -0.2) is 5.48 Å². The smallest absolute Gasteiger partial charge is 0.243 e. The maximum atomic E-state index is 10.3. The maximum absolute atomic E-state index is 10.3. The number of hydroxylamine groups is 1. The van der Waals surface area contributed by atoms with Crippen molar-refractivity contribution >= 4 is 5.91 Å². The Morgan fingerprint density at radius 2 is 2.33 bits per heavy atom. The first-order valence-corrected chi connectivity index (χ1v) is 2.74. The molecular weight excluding hydrogens is 122 g/mol. The molecule has 1 atom stereocenters. The van der Waals surface area contributed by atoms with Crippen LogP contribution in [0, 0.1) is 5.92 Å². The van der Waals surface area contributed by atoms with E-state index in [1.807, 2.05) is 0 Å². The van der Waals surface area contributed by atoms with Crippen molar-refractivity contribution < 1.29 is 15.1 Å². The molecule has 0 aromatic rings. The van der Waals surface area contributed by atoms with Crippen molar-refractivity contribution in [3.05, 3.63) is 0 Å². The quantitative estimate of drug-likeness (QED) is 0.359. The number of nitrogens with one attached hydrogen (secondary N) is 1. The number of amides is 1. The average molecular weight is 133 g/mol. The topological polar surface area (TPSA) is 69.6 Å². The summed E-state index contributed by atoms with van der Waals surface area (Å²) in [5.41, 5.74) is 1.48. The molecule has 0 aliphatic carbocycles. The van der Waals surface area contributed by atoms with E-state index < -0.39 is 5.91 Å². The van der Waals surface area contributed by atoms with E-state index in [9.17, 15) is 4.79 Å². The predicted molar refractivity (Wildman–Crippen MR) is 30.8 cm³/mol. The van der Waals surface area contributed by atoms with E-state index in [0.717, 1.165) is 0 Å². The van der Waals surface area contributed by atoms with Crippen molar-refractivity contribution in [2.24, 2.45) is 5.92 Å². The third-order valence-electron chi connectivity index (χ3n) is 0.970. The minimum Gasteiger partial charge on any atom is -0.396 e. The molecule has 0 aliphatic heterocycles. The molecule has 1 amide bonds. The van der Waals surface area contributed by atoms with Crippen molar-refractivity contribution in [2.45, 2.75) is 13.3 Å². The molecule has 0 radical (unpaired) electrons. The first kappa shape index (κ1) is 8.39. The SMILES string of the molecule is CC(CO)CC(=O)NO. The van der Waals surface area contributed by atoms with Gasteiger partial charge in [-0.05, 0) is 5.92 Å². The largest absolute Gasteiger partial charge is 0.396 e. The molecule has 0 bridgehead atoms. The molecule has 0 aliphatic rings. The first-order chi connectivity index (χ1) is 4.20. The maximum Gasteiger partial charge on any atom is 0.243 e. The Bertz CT molecular complexity index is 94.2. The summed E-state index contributed by atoms with van der Waals surface area (Å²) < 4.78 is 0. The molecule has 4 heteroatoms. The molecule has 0 fully saturated rings. The fourth-order valence-electron chi connectivity index (χ4n) is 0.427. The van der Waals surface area contributed by atoms with Crippen molar-refractivity contribution in [1.29, 1.82) is 0 Å². The van der Waals surface area contributed by atoms with Crippen LogP contribution in [-0.4, -0.2) is 22.8 Å². The van der Waals surface area contributed by atoms with Gasteiger partial charge in [-0.3, -0.25) is 10.0 Å². The summed E-state index contributed by atoms with van der Waals surface area (Å²) in [5, 5.41) is 16.4. The molecule has 0 aromatic carbocycles. The summed E-state index contributed by atoms with van der Waals surface area (Å²) >= 11 is 0. The zero-order valence-electron chi connectivity index (χ0n) is 5.29. The Balaban J connectivity index is 3.34. The first-order valence-electron chi connectivity index (χ1n) is 2.74. The summed E-state index contributed by atoms with van der Waals surface area (Å²) in [5.74, 6) is -0.547. The summed E-state index contributed by atoms with van der Waals surface area (Å²) in [6.45, 7) is 1.68. The highest BCUT2D eigenvalue weighted by atomic mass is 16.5. The van der Waals surface area contributed by atoms with Gasteiger partial charge in [0.05, 0.1) is 0 Å². The molecule has 0 rings (SSSR count). The van der Waals surface area contributed by atoms with E-state index in [-0.39, 0.29) is 18.9 Å². The molecule has 0 saturated heterocycles. The Labute approximate surface area is 53.5 Å². The number of carbonyl (C=O) groups is 1. The number of hydrogen-bond acceptors (Lipinski definition) is 3. The highest BCUT2D eigenvalue weighted by molar-refractivity contribution is 5.74. The predicted octanol–water partition coefficient (Wildman–Crippen LogP) is -0.490. The van der Waals surface area contributed by atoms with Gasteiger partial charge in [-0.2, -0.15) is 0 Å². The highest BCUT2D eigenvalue weighted by Gasteiger charge is 2.05. The molecule has 54 valence electrons. The Morgan fingerprint density at radius 3 is 2.67 bits per heavy atom. The average Bonchev–Trinajstić information content (AvgIpc) is 1.87. The van der Waals surface area contributed by atoms with Crippen LogP contribution in [0.4, 0.5) is 0 Å². The molecule has 1 unspecified atom stereocenters. The standard InChI is InChI=1S/C5H11NO3/c1-4(3-7)2-5(8)6-9/h4,7,9H,2-3H2,1H3,(H,6,8). The van der Waals surface area contributed by atoms with Crippen LogP contribution in [0.3, 0.4) is 0 Å². The van der Waals surface area contributed by atoms with Crippen LogP contribution < -0.4 is 5.48 Å². The number of aliphatic hydroxyl groups excluding tert-OH is 1. The van der Waals surface area contributed by atoms with Crippen LogP contribution in [0.15, 0.2) is 0 Å². The molecular formula is C5H11NO3.